The second-order valence-electron chi connectivity index (χ2n) is 2.51. The zero-order chi connectivity index (χ0) is 7.56. The third kappa shape index (κ3) is 1.36. The van der Waals surface area contributed by atoms with Gasteiger partial charge < -0.3 is 10.2 Å². The highest BCUT2D eigenvalue weighted by molar-refractivity contribution is 5.72. The topological polar surface area (TPSA) is 57.5 Å². The average molecular weight is 142 g/mol. The summed E-state index contributed by atoms with van der Waals surface area (Å²) in [7, 11) is 0. The minimum absolute atomic E-state index is 0.0558. The molecule has 1 rings (SSSR count). The maximum absolute atomic E-state index is 10.3. The van der Waals surface area contributed by atoms with Crippen LogP contribution in [0.4, 0.5) is 0 Å². The van der Waals surface area contributed by atoms with Gasteiger partial charge in [0.15, 0.2) is 0 Å². The molecule has 3 nitrogen and oxygen atoms in total. The predicted molar refractivity (Wildman–Crippen MR) is 35.5 cm³/mol. The largest absolute Gasteiger partial charge is 0.481 e. The fourth-order valence-corrected chi connectivity index (χ4v) is 1.09. The summed E-state index contributed by atoms with van der Waals surface area (Å²) in [5.74, 6) is -1.12. The number of hydrogen-bond donors (Lipinski definition) is 2. The van der Waals surface area contributed by atoms with Crippen molar-refractivity contribution in [1.82, 2.24) is 0 Å². The summed E-state index contributed by atoms with van der Waals surface area (Å²) in [6.45, 7) is 0.0558. The quantitative estimate of drug-likeness (QED) is 0.543. The summed E-state index contributed by atoms with van der Waals surface area (Å²) in [5.41, 5.74) is 0. The van der Waals surface area contributed by atoms with Crippen LogP contribution in [0.2, 0.25) is 0 Å². The van der Waals surface area contributed by atoms with E-state index >= 15 is 0 Å². The lowest BCUT2D eigenvalue weighted by molar-refractivity contribution is -0.140. The summed E-state index contributed by atoms with van der Waals surface area (Å²) >= 11 is 0. The number of carboxylic acid groups (broad SMARTS) is 1. The molecule has 0 radical (unpaired) electrons. The molecule has 2 N–H and O–H groups in total. The van der Waals surface area contributed by atoms with Crippen LogP contribution in [0.3, 0.4) is 0 Å². The van der Waals surface area contributed by atoms with Gasteiger partial charge in [-0.1, -0.05) is 12.2 Å². The van der Waals surface area contributed by atoms with Crippen LogP contribution >= 0.6 is 0 Å². The van der Waals surface area contributed by atoms with Gasteiger partial charge in [0.25, 0.3) is 0 Å². The summed E-state index contributed by atoms with van der Waals surface area (Å²) in [6.07, 6.45) is 3.95. The van der Waals surface area contributed by atoms with Crippen molar-refractivity contribution in [2.24, 2.45) is 11.8 Å². The molecule has 0 unspecified atom stereocenters. The molecule has 0 saturated carbocycles. The number of aliphatic carboxylic acids is 1. The number of rotatable bonds is 2. The molecule has 0 spiro atoms. The molecule has 0 bridgehead atoms. The number of carbonyl (C=O) groups is 1. The molecule has 0 aromatic heterocycles. The summed E-state index contributed by atoms with van der Waals surface area (Å²) in [4.78, 5) is 10.3. The number of carboxylic acids is 1. The highest BCUT2D eigenvalue weighted by Crippen LogP contribution is 2.22. The van der Waals surface area contributed by atoms with E-state index in [1.54, 1.807) is 12.2 Å². The first-order valence-electron chi connectivity index (χ1n) is 3.26. The Balaban J connectivity index is 2.45. The Morgan fingerprint density at radius 2 is 2.30 bits per heavy atom. The Kier molecular flexibility index (Phi) is 2.06. The van der Waals surface area contributed by atoms with E-state index in [-0.39, 0.29) is 18.4 Å². The van der Waals surface area contributed by atoms with E-state index < -0.39 is 5.97 Å². The molecule has 0 aromatic rings. The van der Waals surface area contributed by atoms with E-state index in [2.05, 4.69) is 0 Å². The first-order valence-corrected chi connectivity index (χ1v) is 3.26. The van der Waals surface area contributed by atoms with Crippen LogP contribution in [0.5, 0.6) is 0 Å². The smallest absolute Gasteiger partial charge is 0.310 e. The van der Waals surface area contributed by atoms with Crippen LogP contribution in [-0.2, 0) is 4.79 Å². The molecule has 1 aliphatic carbocycles. The molecule has 56 valence electrons. The predicted octanol–water partition coefficient (Wildman–Crippen LogP) is 0.256. The minimum atomic E-state index is -0.799. The molecule has 1 aliphatic rings. The average Bonchev–Trinajstić information content (AvgIpc) is 2.34. The SMILES string of the molecule is O=C(O)[C@@H]1C=C[C@H](CO)C1. The van der Waals surface area contributed by atoms with E-state index in [4.69, 9.17) is 10.2 Å². The zero-order valence-electron chi connectivity index (χ0n) is 5.53. The molecule has 0 fully saturated rings. The third-order valence-electron chi connectivity index (χ3n) is 1.72. The first kappa shape index (κ1) is 7.28. The number of hydrogen-bond acceptors (Lipinski definition) is 2. The van der Waals surface area contributed by atoms with Crippen LogP contribution in [0.15, 0.2) is 12.2 Å². The Hall–Kier alpha value is -0.830. The lowest BCUT2D eigenvalue weighted by Crippen LogP contribution is -2.11. The molecule has 0 aromatic carbocycles. The maximum atomic E-state index is 10.3. The van der Waals surface area contributed by atoms with E-state index in [0.717, 1.165) is 0 Å². The minimum Gasteiger partial charge on any atom is -0.481 e. The van der Waals surface area contributed by atoms with E-state index in [1.165, 1.54) is 0 Å². The van der Waals surface area contributed by atoms with Gasteiger partial charge in [0.2, 0.25) is 0 Å². The molecule has 0 heterocycles. The van der Waals surface area contributed by atoms with Gasteiger partial charge in [0, 0.05) is 12.5 Å². The van der Waals surface area contributed by atoms with Crippen molar-refractivity contribution in [2.45, 2.75) is 6.42 Å². The van der Waals surface area contributed by atoms with Crippen LogP contribution in [0.1, 0.15) is 6.42 Å². The van der Waals surface area contributed by atoms with Crippen molar-refractivity contribution < 1.29 is 15.0 Å². The molecular weight excluding hydrogens is 132 g/mol. The molecule has 2 atom stereocenters. The normalized spacial score (nSPS) is 30.9. The van der Waals surface area contributed by atoms with Gasteiger partial charge in [-0.3, -0.25) is 4.79 Å². The standard InChI is InChI=1S/C7H10O3/c8-4-5-1-2-6(3-5)7(9)10/h1-2,5-6,8H,3-4H2,(H,9,10)/t5-,6+/m0/s1. The van der Waals surface area contributed by atoms with Crippen molar-refractivity contribution in [3.63, 3.8) is 0 Å². The van der Waals surface area contributed by atoms with Crippen LogP contribution in [0.25, 0.3) is 0 Å². The Bertz CT molecular complexity index is 162. The molecule has 0 aliphatic heterocycles. The van der Waals surface area contributed by atoms with Crippen molar-refractivity contribution >= 4 is 5.97 Å². The first-order chi connectivity index (χ1) is 4.74. The molecular formula is C7H10O3. The summed E-state index contributed by atoms with van der Waals surface area (Å²) < 4.78 is 0. The zero-order valence-corrected chi connectivity index (χ0v) is 5.53. The van der Waals surface area contributed by atoms with E-state index in [1.807, 2.05) is 0 Å². The van der Waals surface area contributed by atoms with Gasteiger partial charge in [-0.2, -0.15) is 0 Å². The fourth-order valence-electron chi connectivity index (χ4n) is 1.09. The molecule has 0 saturated heterocycles. The van der Waals surface area contributed by atoms with Gasteiger partial charge >= 0.3 is 5.97 Å². The van der Waals surface area contributed by atoms with Gasteiger partial charge in [-0.25, -0.2) is 0 Å². The Morgan fingerprint density at radius 3 is 2.60 bits per heavy atom. The van der Waals surface area contributed by atoms with Crippen molar-refractivity contribution in [3.8, 4) is 0 Å². The second-order valence-corrected chi connectivity index (χ2v) is 2.51. The van der Waals surface area contributed by atoms with Crippen LogP contribution in [0, 0.1) is 11.8 Å². The van der Waals surface area contributed by atoms with Crippen molar-refractivity contribution in [3.05, 3.63) is 12.2 Å². The van der Waals surface area contributed by atoms with Crippen molar-refractivity contribution in [2.75, 3.05) is 6.61 Å². The highest BCUT2D eigenvalue weighted by Gasteiger charge is 2.23. The van der Waals surface area contributed by atoms with Gasteiger partial charge in [0.05, 0.1) is 5.92 Å². The van der Waals surface area contributed by atoms with Gasteiger partial charge in [0.1, 0.15) is 0 Å². The lowest BCUT2D eigenvalue weighted by atomic mass is 10.0. The second kappa shape index (κ2) is 2.84. The van der Waals surface area contributed by atoms with Gasteiger partial charge in [-0.05, 0) is 6.42 Å². The number of aliphatic hydroxyl groups excluding tert-OH is 1. The lowest BCUT2D eigenvalue weighted by Gasteiger charge is -2.03. The summed E-state index contributed by atoms with van der Waals surface area (Å²) in [5, 5.41) is 17.1. The number of aliphatic hydroxyl groups is 1. The van der Waals surface area contributed by atoms with Gasteiger partial charge in [-0.15, -0.1) is 0 Å². The highest BCUT2D eigenvalue weighted by atomic mass is 16.4. The molecule has 10 heavy (non-hydrogen) atoms. The Labute approximate surface area is 59.0 Å². The molecule has 3 heteroatoms. The van der Waals surface area contributed by atoms with E-state index in [9.17, 15) is 4.79 Å². The monoisotopic (exact) mass is 142 g/mol. The Morgan fingerprint density at radius 1 is 1.60 bits per heavy atom. The third-order valence-corrected chi connectivity index (χ3v) is 1.72. The fraction of sp³-hybridized carbons (Fsp3) is 0.571. The van der Waals surface area contributed by atoms with Crippen LogP contribution in [-0.4, -0.2) is 22.8 Å². The summed E-state index contributed by atoms with van der Waals surface area (Å²) in [6, 6.07) is 0. The van der Waals surface area contributed by atoms with Crippen LogP contribution < -0.4 is 0 Å². The van der Waals surface area contributed by atoms with Crippen molar-refractivity contribution in [1.29, 1.82) is 0 Å². The van der Waals surface area contributed by atoms with E-state index in [0.29, 0.717) is 6.42 Å². The molecule has 0 amide bonds. The maximum Gasteiger partial charge on any atom is 0.310 e.